The van der Waals surface area contributed by atoms with Gasteiger partial charge in [-0.1, -0.05) is 0 Å². The molecule has 2 aliphatic rings. The van der Waals surface area contributed by atoms with Crippen molar-refractivity contribution in [1.82, 2.24) is 15.3 Å². The molecule has 0 amide bonds. The number of nitrogens with one attached hydrogen (secondary N) is 1. The summed E-state index contributed by atoms with van der Waals surface area (Å²) in [6.45, 7) is 2.55. The number of aromatic nitrogens is 2. The molecule has 0 radical (unpaired) electrons. The molecule has 0 aliphatic carbocycles. The molecule has 10 heteroatoms. The van der Waals surface area contributed by atoms with E-state index in [1.807, 2.05) is 0 Å². The Morgan fingerprint density at radius 1 is 1.23 bits per heavy atom. The zero-order chi connectivity index (χ0) is 21.1. The van der Waals surface area contributed by atoms with Crippen molar-refractivity contribution >= 4 is 28.5 Å². The van der Waals surface area contributed by atoms with Gasteiger partial charge in [0.25, 0.3) is 6.01 Å². The Hall–Kier alpha value is -2.17. The lowest BCUT2D eigenvalue weighted by Crippen LogP contribution is -2.51. The molecule has 0 saturated carbocycles. The Kier molecular flexibility index (Phi) is 4.57. The van der Waals surface area contributed by atoms with Gasteiger partial charge in [-0.05, 0) is 37.5 Å². The molecule has 3 unspecified atom stereocenters. The van der Waals surface area contributed by atoms with E-state index in [-0.39, 0.29) is 5.56 Å². The van der Waals surface area contributed by atoms with Gasteiger partial charge in [-0.15, -0.1) is 11.3 Å². The number of halogens is 3. The van der Waals surface area contributed by atoms with Crippen molar-refractivity contribution in [2.24, 2.45) is 0 Å². The second kappa shape index (κ2) is 6.93. The minimum atomic E-state index is -4.60. The molecule has 2 aliphatic heterocycles. The topological polar surface area (TPSA) is 63.4 Å². The molecule has 3 atom stereocenters. The molecule has 2 aromatic heterocycles. The van der Waals surface area contributed by atoms with Crippen LogP contribution >= 0.6 is 11.3 Å². The Balaban J connectivity index is 1.66. The molecule has 160 valence electrons. The molecular formula is C20H21F3N4O2S. The van der Waals surface area contributed by atoms with Crippen LogP contribution in [0.2, 0.25) is 0 Å². The highest BCUT2D eigenvalue weighted by Gasteiger charge is 2.53. The minimum Gasteiger partial charge on any atom is -0.423 e. The summed E-state index contributed by atoms with van der Waals surface area (Å²) in [5.41, 5.74) is -1.21. The molecule has 4 heterocycles. The van der Waals surface area contributed by atoms with Gasteiger partial charge in [-0.2, -0.15) is 18.2 Å². The maximum atomic E-state index is 13.9. The third kappa shape index (κ3) is 3.09. The SMILES string of the molecule is COC(C)(c1cc(-c2nccs2)c2oc(N3CC4CCC(C3)N4)nc2c1)C(F)(F)F. The van der Waals surface area contributed by atoms with E-state index in [2.05, 4.69) is 20.2 Å². The third-order valence-electron chi connectivity index (χ3n) is 6.13. The number of nitrogens with zero attached hydrogens (tertiary/aromatic N) is 3. The molecule has 30 heavy (non-hydrogen) atoms. The lowest BCUT2D eigenvalue weighted by Gasteiger charge is -2.31. The fraction of sp³-hybridized carbons (Fsp3) is 0.500. The number of hydrogen-bond donors (Lipinski definition) is 1. The van der Waals surface area contributed by atoms with E-state index in [9.17, 15) is 13.2 Å². The second-order valence-corrected chi connectivity index (χ2v) is 8.88. The van der Waals surface area contributed by atoms with Gasteiger partial charge in [0.1, 0.15) is 10.5 Å². The van der Waals surface area contributed by atoms with Gasteiger partial charge in [0.2, 0.25) is 0 Å². The molecule has 3 aromatic rings. The van der Waals surface area contributed by atoms with E-state index in [1.165, 1.54) is 23.5 Å². The third-order valence-corrected chi connectivity index (χ3v) is 6.93. The maximum absolute atomic E-state index is 13.9. The first-order chi connectivity index (χ1) is 14.3. The molecular weight excluding hydrogens is 417 g/mol. The van der Waals surface area contributed by atoms with Crippen molar-refractivity contribution in [3.05, 3.63) is 29.3 Å². The highest BCUT2D eigenvalue weighted by molar-refractivity contribution is 7.13. The normalized spacial score (nSPS) is 23.8. The number of methoxy groups -OCH3 is 1. The Bertz CT molecular complexity index is 1060. The molecule has 1 N–H and O–H groups in total. The fourth-order valence-electron chi connectivity index (χ4n) is 4.30. The summed E-state index contributed by atoms with van der Waals surface area (Å²) in [4.78, 5) is 10.9. The van der Waals surface area contributed by atoms with Crippen molar-refractivity contribution in [3.63, 3.8) is 0 Å². The standard InChI is InChI=1S/C20H21F3N4O2S/c1-19(28-2,20(21,22)23)11-7-14(17-24-5-6-30-17)16-15(8-11)26-18(29-16)27-9-12-3-4-13(10-27)25-12/h5-8,12-13,25H,3-4,9-10H2,1-2H3. The number of thiazole rings is 1. The molecule has 2 saturated heterocycles. The lowest BCUT2D eigenvalue weighted by molar-refractivity contribution is -0.269. The number of hydrogen-bond acceptors (Lipinski definition) is 7. The van der Waals surface area contributed by atoms with Crippen LogP contribution in [0.5, 0.6) is 0 Å². The maximum Gasteiger partial charge on any atom is 0.421 e. The second-order valence-electron chi connectivity index (χ2n) is 7.98. The molecule has 2 bridgehead atoms. The summed E-state index contributed by atoms with van der Waals surface area (Å²) >= 11 is 1.34. The van der Waals surface area contributed by atoms with Crippen molar-refractivity contribution in [1.29, 1.82) is 0 Å². The highest BCUT2D eigenvalue weighted by atomic mass is 32.1. The summed E-state index contributed by atoms with van der Waals surface area (Å²) in [6, 6.07) is 4.07. The quantitative estimate of drug-likeness (QED) is 0.655. The van der Waals surface area contributed by atoms with Crippen LogP contribution in [0.4, 0.5) is 19.2 Å². The molecule has 0 spiro atoms. The Labute approximate surface area is 175 Å². The number of ether oxygens (including phenoxy) is 1. The summed E-state index contributed by atoms with van der Waals surface area (Å²) < 4.78 is 52.6. The van der Waals surface area contributed by atoms with Crippen LogP contribution in [0.3, 0.4) is 0 Å². The first-order valence-electron chi connectivity index (χ1n) is 9.76. The van der Waals surface area contributed by atoms with Gasteiger partial charge in [0.05, 0.1) is 5.56 Å². The number of fused-ring (bicyclic) bond motifs is 3. The van der Waals surface area contributed by atoms with E-state index in [0.717, 1.165) is 40.0 Å². The van der Waals surface area contributed by atoms with Gasteiger partial charge in [0.15, 0.2) is 11.2 Å². The van der Waals surface area contributed by atoms with E-state index < -0.39 is 11.8 Å². The highest BCUT2D eigenvalue weighted by Crippen LogP contribution is 2.45. The van der Waals surface area contributed by atoms with Gasteiger partial charge >= 0.3 is 6.18 Å². The van der Waals surface area contributed by atoms with E-state index in [4.69, 9.17) is 9.15 Å². The van der Waals surface area contributed by atoms with E-state index >= 15 is 0 Å². The largest absolute Gasteiger partial charge is 0.423 e. The van der Waals surface area contributed by atoms with Crippen LogP contribution in [-0.2, 0) is 10.3 Å². The smallest absolute Gasteiger partial charge is 0.421 e. The lowest BCUT2D eigenvalue weighted by atomic mass is 9.93. The van der Waals surface area contributed by atoms with Crippen molar-refractivity contribution in [2.45, 2.75) is 43.6 Å². The fourth-order valence-corrected chi connectivity index (χ4v) is 4.95. The first-order valence-corrected chi connectivity index (χ1v) is 10.6. The average molecular weight is 438 g/mol. The predicted octanol–water partition coefficient (Wildman–Crippen LogP) is 4.32. The van der Waals surface area contributed by atoms with Crippen molar-refractivity contribution < 1.29 is 22.3 Å². The number of piperazine rings is 1. The summed E-state index contributed by atoms with van der Waals surface area (Å²) in [7, 11) is 1.06. The van der Waals surface area contributed by atoms with E-state index in [1.54, 1.807) is 11.6 Å². The molecule has 2 fully saturated rings. The number of oxazole rings is 1. The summed E-state index contributed by atoms with van der Waals surface area (Å²) in [5, 5.41) is 5.90. The molecule has 1 aromatic carbocycles. The van der Waals surface area contributed by atoms with Gasteiger partial charge < -0.3 is 19.4 Å². The summed E-state index contributed by atoms with van der Waals surface area (Å²) in [6.07, 6.45) is -0.774. The average Bonchev–Trinajstić information content (AvgIpc) is 3.45. The van der Waals surface area contributed by atoms with Gasteiger partial charge in [-0.25, -0.2) is 4.98 Å². The number of rotatable bonds is 4. The number of anilines is 1. The van der Waals surface area contributed by atoms with Gasteiger partial charge in [0, 0.05) is 43.9 Å². The van der Waals surface area contributed by atoms with Crippen LogP contribution < -0.4 is 10.2 Å². The van der Waals surface area contributed by atoms with Crippen LogP contribution in [0.25, 0.3) is 21.7 Å². The molecule has 5 rings (SSSR count). The van der Waals surface area contributed by atoms with Crippen LogP contribution in [0.1, 0.15) is 25.3 Å². The van der Waals surface area contributed by atoms with Crippen molar-refractivity contribution in [3.8, 4) is 10.6 Å². The molecule has 6 nitrogen and oxygen atoms in total. The Morgan fingerprint density at radius 3 is 2.57 bits per heavy atom. The van der Waals surface area contributed by atoms with Crippen molar-refractivity contribution in [2.75, 3.05) is 25.1 Å². The zero-order valence-corrected chi connectivity index (χ0v) is 17.3. The minimum absolute atomic E-state index is 0.0320. The Morgan fingerprint density at radius 2 is 1.97 bits per heavy atom. The van der Waals surface area contributed by atoms with E-state index in [0.29, 0.717) is 39.8 Å². The van der Waals surface area contributed by atoms with Gasteiger partial charge in [-0.3, -0.25) is 0 Å². The van der Waals surface area contributed by atoms with Crippen LogP contribution in [0, 0.1) is 0 Å². The first kappa shape index (κ1) is 19.8. The predicted molar refractivity (Wildman–Crippen MR) is 108 cm³/mol. The number of alkyl halides is 3. The summed E-state index contributed by atoms with van der Waals surface area (Å²) in [5.74, 6) is 0. The van der Waals surface area contributed by atoms with Crippen LogP contribution in [0.15, 0.2) is 28.1 Å². The van der Waals surface area contributed by atoms with Crippen LogP contribution in [-0.4, -0.2) is 48.4 Å². The monoisotopic (exact) mass is 438 g/mol. The number of benzene rings is 1. The zero-order valence-electron chi connectivity index (χ0n) is 16.5.